The summed E-state index contributed by atoms with van der Waals surface area (Å²) >= 11 is 0. The minimum atomic E-state index is -0.451. The number of piperidine rings is 1. The molecule has 0 radical (unpaired) electrons. The van der Waals surface area contributed by atoms with E-state index in [2.05, 4.69) is 20.2 Å². The van der Waals surface area contributed by atoms with Crippen LogP contribution in [0, 0.1) is 5.92 Å². The van der Waals surface area contributed by atoms with Gasteiger partial charge in [-0.25, -0.2) is 14.8 Å². The van der Waals surface area contributed by atoms with E-state index in [-0.39, 0.29) is 12.5 Å². The van der Waals surface area contributed by atoms with Crippen LogP contribution in [0.5, 0.6) is 0 Å². The van der Waals surface area contributed by atoms with Crippen molar-refractivity contribution in [3.63, 3.8) is 0 Å². The molecular weight excluding hydrogens is 348 g/mol. The first kappa shape index (κ1) is 21.1. The van der Waals surface area contributed by atoms with Crippen LogP contribution in [-0.4, -0.2) is 60.3 Å². The summed E-state index contributed by atoms with van der Waals surface area (Å²) in [5, 5.41) is 3.19. The number of aromatic nitrogens is 2. The number of carbonyl (C=O) groups is 2. The van der Waals surface area contributed by atoms with Crippen molar-refractivity contribution in [3.05, 3.63) is 18.0 Å². The number of carbonyl (C=O) groups excluding carboxylic acids is 2. The molecule has 2 heterocycles. The average Bonchev–Trinajstić information content (AvgIpc) is 2.61. The third-order valence-electron chi connectivity index (χ3n) is 4.17. The molecule has 150 valence electrons. The second-order valence-electron chi connectivity index (χ2n) is 7.64. The largest absolute Gasteiger partial charge is 0.462 e. The smallest absolute Gasteiger partial charge is 0.341 e. The number of nitrogens with one attached hydrogen (secondary N) is 1. The topological polar surface area (TPSA) is 93.7 Å². The fourth-order valence-corrected chi connectivity index (χ4v) is 2.90. The monoisotopic (exact) mass is 378 g/mol. The zero-order valence-corrected chi connectivity index (χ0v) is 16.7. The first-order valence-corrected chi connectivity index (χ1v) is 9.45. The van der Waals surface area contributed by atoms with Gasteiger partial charge >= 0.3 is 11.9 Å². The summed E-state index contributed by atoms with van der Waals surface area (Å²) in [4.78, 5) is 34.0. The molecule has 0 unspecified atom stereocenters. The lowest BCUT2D eigenvalue weighted by atomic mass is 9.97. The Labute approximate surface area is 160 Å². The van der Waals surface area contributed by atoms with Gasteiger partial charge in [-0.1, -0.05) is 0 Å². The van der Waals surface area contributed by atoms with Crippen molar-refractivity contribution in [1.29, 1.82) is 0 Å². The van der Waals surface area contributed by atoms with Crippen LogP contribution in [0.1, 0.15) is 50.9 Å². The zero-order chi connectivity index (χ0) is 19.9. The molecule has 1 fully saturated rings. The van der Waals surface area contributed by atoms with Crippen LogP contribution in [-0.2, 0) is 14.3 Å². The summed E-state index contributed by atoms with van der Waals surface area (Å²) in [5.41, 5.74) is -0.0887. The van der Waals surface area contributed by atoms with E-state index in [1.54, 1.807) is 6.92 Å². The molecule has 1 aromatic heterocycles. The van der Waals surface area contributed by atoms with Crippen molar-refractivity contribution in [1.82, 2.24) is 15.3 Å². The Bertz CT molecular complexity index is 620. The highest BCUT2D eigenvalue weighted by Gasteiger charge is 2.22. The van der Waals surface area contributed by atoms with Crippen LogP contribution < -0.4 is 10.2 Å². The number of ether oxygens (including phenoxy) is 2. The number of hydrogen-bond donors (Lipinski definition) is 1. The van der Waals surface area contributed by atoms with E-state index in [0.717, 1.165) is 32.5 Å². The lowest BCUT2D eigenvalue weighted by Gasteiger charge is -2.32. The predicted molar refractivity (Wildman–Crippen MR) is 102 cm³/mol. The lowest BCUT2D eigenvalue weighted by molar-refractivity contribution is -0.153. The molecule has 1 N–H and O–H groups in total. The number of esters is 2. The molecule has 0 amide bonds. The van der Waals surface area contributed by atoms with E-state index in [4.69, 9.17) is 9.47 Å². The van der Waals surface area contributed by atoms with E-state index < -0.39 is 11.6 Å². The maximum Gasteiger partial charge on any atom is 0.341 e. The van der Waals surface area contributed by atoms with Crippen molar-refractivity contribution in [2.75, 3.05) is 37.7 Å². The SMILES string of the molecule is CCOC(=O)c1cnc(N2CCC(CNCC(=O)OC(C)(C)C)CC2)nc1. The molecule has 1 saturated heterocycles. The molecule has 0 saturated carbocycles. The van der Waals surface area contributed by atoms with E-state index in [9.17, 15) is 9.59 Å². The standard InChI is InChI=1S/C19H30N4O4/c1-5-26-17(25)15-11-21-18(22-12-15)23-8-6-14(7-9-23)10-20-13-16(24)27-19(2,3)4/h11-12,14,20H,5-10,13H2,1-4H3. The summed E-state index contributed by atoms with van der Waals surface area (Å²) in [5.74, 6) is 0.500. The summed E-state index contributed by atoms with van der Waals surface area (Å²) in [6.45, 7) is 10.4. The van der Waals surface area contributed by atoms with Crippen molar-refractivity contribution >= 4 is 17.9 Å². The summed E-state index contributed by atoms with van der Waals surface area (Å²) < 4.78 is 10.2. The lowest BCUT2D eigenvalue weighted by Crippen LogP contribution is -2.39. The van der Waals surface area contributed by atoms with Crippen LogP contribution in [0.25, 0.3) is 0 Å². The van der Waals surface area contributed by atoms with Crippen LogP contribution >= 0.6 is 0 Å². The Morgan fingerprint density at radius 2 is 1.85 bits per heavy atom. The van der Waals surface area contributed by atoms with Crippen molar-refractivity contribution in [2.24, 2.45) is 5.92 Å². The van der Waals surface area contributed by atoms with Gasteiger partial charge in [-0.05, 0) is 53.0 Å². The molecular formula is C19H30N4O4. The molecule has 8 heteroatoms. The maximum absolute atomic E-state index is 11.7. The van der Waals surface area contributed by atoms with E-state index in [1.807, 2.05) is 20.8 Å². The second kappa shape index (κ2) is 9.64. The average molecular weight is 378 g/mol. The van der Waals surface area contributed by atoms with Crippen molar-refractivity contribution in [2.45, 2.75) is 46.1 Å². The van der Waals surface area contributed by atoms with Gasteiger partial charge in [-0.2, -0.15) is 0 Å². The highest BCUT2D eigenvalue weighted by Crippen LogP contribution is 2.20. The highest BCUT2D eigenvalue weighted by molar-refractivity contribution is 5.88. The Balaban J connectivity index is 1.72. The number of rotatable bonds is 7. The normalized spacial score (nSPS) is 15.5. The second-order valence-corrected chi connectivity index (χ2v) is 7.64. The molecule has 1 aliphatic rings. The molecule has 1 aliphatic heterocycles. The molecule has 0 bridgehead atoms. The van der Waals surface area contributed by atoms with Gasteiger partial charge in [0, 0.05) is 25.5 Å². The minimum Gasteiger partial charge on any atom is -0.462 e. The molecule has 8 nitrogen and oxygen atoms in total. The fourth-order valence-electron chi connectivity index (χ4n) is 2.90. The maximum atomic E-state index is 11.7. The number of anilines is 1. The minimum absolute atomic E-state index is 0.227. The zero-order valence-electron chi connectivity index (χ0n) is 16.7. The summed E-state index contributed by atoms with van der Waals surface area (Å²) in [7, 11) is 0. The van der Waals surface area contributed by atoms with Crippen LogP contribution in [0.15, 0.2) is 12.4 Å². The summed E-state index contributed by atoms with van der Waals surface area (Å²) in [6, 6.07) is 0. The highest BCUT2D eigenvalue weighted by atomic mass is 16.6. The van der Waals surface area contributed by atoms with Gasteiger partial charge in [-0.15, -0.1) is 0 Å². The molecule has 0 atom stereocenters. The van der Waals surface area contributed by atoms with Gasteiger partial charge in [0.25, 0.3) is 0 Å². The molecule has 0 aliphatic carbocycles. The third kappa shape index (κ3) is 7.13. The van der Waals surface area contributed by atoms with Crippen molar-refractivity contribution in [3.8, 4) is 0 Å². The number of hydrogen-bond acceptors (Lipinski definition) is 8. The van der Waals surface area contributed by atoms with Crippen LogP contribution in [0.2, 0.25) is 0 Å². The Kier molecular flexibility index (Phi) is 7.53. The third-order valence-corrected chi connectivity index (χ3v) is 4.17. The Morgan fingerprint density at radius 1 is 1.22 bits per heavy atom. The van der Waals surface area contributed by atoms with Gasteiger partial charge in [0.05, 0.1) is 18.7 Å². The van der Waals surface area contributed by atoms with Gasteiger partial charge < -0.3 is 19.7 Å². The fraction of sp³-hybridized carbons (Fsp3) is 0.684. The van der Waals surface area contributed by atoms with E-state index in [0.29, 0.717) is 24.0 Å². The predicted octanol–water partition coefficient (Wildman–Crippen LogP) is 1.80. The quantitative estimate of drug-likeness (QED) is 0.718. The van der Waals surface area contributed by atoms with E-state index >= 15 is 0 Å². The van der Waals surface area contributed by atoms with Gasteiger partial charge in [0.2, 0.25) is 5.95 Å². The van der Waals surface area contributed by atoms with Crippen LogP contribution in [0.3, 0.4) is 0 Å². The molecule has 1 aromatic rings. The molecule has 0 aromatic carbocycles. The first-order chi connectivity index (χ1) is 12.8. The molecule has 27 heavy (non-hydrogen) atoms. The molecule has 2 rings (SSSR count). The van der Waals surface area contributed by atoms with Crippen molar-refractivity contribution < 1.29 is 19.1 Å². The Morgan fingerprint density at radius 3 is 2.41 bits per heavy atom. The molecule has 0 spiro atoms. The van der Waals surface area contributed by atoms with E-state index in [1.165, 1.54) is 12.4 Å². The van der Waals surface area contributed by atoms with Gasteiger partial charge in [-0.3, -0.25) is 4.79 Å². The number of nitrogens with zero attached hydrogens (tertiary/aromatic N) is 3. The summed E-state index contributed by atoms with van der Waals surface area (Å²) in [6.07, 6.45) is 5.00. The van der Waals surface area contributed by atoms with Gasteiger partial charge in [0.15, 0.2) is 0 Å². The first-order valence-electron chi connectivity index (χ1n) is 9.45. The van der Waals surface area contributed by atoms with Gasteiger partial charge in [0.1, 0.15) is 5.60 Å². The van der Waals surface area contributed by atoms with Crippen LogP contribution in [0.4, 0.5) is 5.95 Å². The Hall–Kier alpha value is -2.22.